The van der Waals surface area contributed by atoms with Gasteiger partial charge in [0.05, 0.1) is 6.07 Å². The predicted molar refractivity (Wildman–Crippen MR) is 46.8 cm³/mol. The molecule has 1 unspecified atom stereocenters. The fourth-order valence-corrected chi connectivity index (χ4v) is 0.504. The van der Waals surface area contributed by atoms with Gasteiger partial charge in [-0.25, -0.2) is 0 Å². The van der Waals surface area contributed by atoms with Crippen LogP contribution in [0, 0.1) is 17.2 Å². The summed E-state index contributed by atoms with van der Waals surface area (Å²) in [6.07, 6.45) is 0.272. The Bertz CT molecular complexity index is 227. The zero-order valence-corrected chi connectivity index (χ0v) is 11.4. The zero-order chi connectivity index (χ0) is 9.78. The molecular weight excluding hydrogens is 197 g/mol. The van der Waals surface area contributed by atoms with Crippen molar-refractivity contribution in [2.24, 2.45) is 5.92 Å². The second-order valence-corrected chi connectivity index (χ2v) is 3.28. The number of carbonyl (C=O) groups is 2. The van der Waals surface area contributed by atoms with Crippen LogP contribution in [0.25, 0.3) is 0 Å². The summed E-state index contributed by atoms with van der Waals surface area (Å²) in [5.74, 6) is -2.09. The Labute approximate surface area is 120 Å². The molecule has 0 saturated heterocycles. The van der Waals surface area contributed by atoms with Gasteiger partial charge in [-0.2, -0.15) is 5.26 Å². The third kappa shape index (κ3) is 7.35. The monoisotopic (exact) mass is 208 g/mol. The molecule has 0 fully saturated rings. The molecule has 0 aliphatic heterocycles. The molecule has 0 aliphatic carbocycles. The molecule has 0 spiro atoms. The summed E-state index contributed by atoms with van der Waals surface area (Å²) in [7, 11) is 0. The van der Waals surface area contributed by atoms with Gasteiger partial charge in [0.2, 0.25) is 0 Å². The molecule has 0 aromatic carbocycles. The van der Waals surface area contributed by atoms with E-state index in [1.54, 1.807) is 20.8 Å². The van der Waals surface area contributed by atoms with Gasteiger partial charge in [0.1, 0.15) is 11.9 Å². The number of esters is 1. The molecule has 0 saturated carbocycles. The van der Waals surface area contributed by atoms with E-state index in [4.69, 9.17) is 10.00 Å². The van der Waals surface area contributed by atoms with Gasteiger partial charge < -0.3 is 9.53 Å². The van der Waals surface area contributed by atoms with Crippen LogP contribution in [-0.2, 0) is 14.3 Å². The van der Waals surface area contributed by atoms with E-state index < -0.39 is 17.5 Å². The van der Waals surface area contributed by atoms with Gasteiger partial charge in [-0.05, 0) is 20.8 Å². The molecule has 0 rings (SSSR count). The molecule has 0 aromatic rings. The van der Waals surface area contributed by atoms with Crippen LogP contribution < -0.4 is 0 Å². The third-order valence-electron chi connectivity index (χ3n) is 0.936. The Hall–Kier alpha value is 0.266. The second kappa shape index (κ2) is 6.68. The normalized spacial score (nSPS) is 11.8. The van der Waals surface area contributed by atoms with E-state index in [1.165, 1.54) is 6.07 Å². The van der Waals surface area contributed by atoms with Crippen molar-refractivity contribution in [1.82, 2.24) is 0 Å². The van der Waals surface area contributed by atoms with Crippen molar-refractivity contribution < 1.29 is 14.3 Å². The first-order valence-corrected chi connectivity index (χ1v) is 3.48. The van der Waals surface area contributed by atoms with Crippen LogP contribution in [0.3, 0.4) is 0 Å². The fourth-order valence-electron chi connectivity index (χ4n) is 0.504. The molecule has 0 aliphatic rings. The average Bonchev–Trinajstić information content (AvgIpc) is 1.85. The number of hydrogen-bond acceptors (Lipinski definition) is 4. The van der Waals surface area contributed by atoms with Crippen LogP contribution in [0.2, 0.25) is 0 Å². The van der Waals surface area contributed by atoms with E-state index >= 15 is 0 Å². The first-order chi connectivity index (χ1) is 5.40. The van der Waals surface area contributed by atoms with E-state index in [2.05, 4.69) is 0 Å². The Morgan fingerprint density at radius 2 is 2.00 bits per heavy atom. The van der Waals surface area contributed by atoms with Crippen molar-refractivity contribution in [3.05, 3.63) is 0 Å². The standard InChI is InChI=1S/C8H11NO3.K/c1-8(2,3)12-7(11)6(4-9)5-10;/h5-6H,1-3H3;. The van der Waals surface area contributed by atoms with Gasteiger partial charge in [-0.3, -0.25) is 4.79 Å². The molecular formula is C8H11KNO3. The predicted octanol–water partition coefficient (Wildman–Crippen LogP) is 0.286. The Morgan fingerprint density at radius 1 is 1.54 bits per heavy atom. The van der Waals surface area contributed by atoms with Crippen molar-refractivity contribution >= 4 is 63.6 Å². The number of nitrogens with zero attached hydrogens (tertiary/aromatic N) is 1. The third-order valence-corrected chi connectivity index (χ3v) is 0.936. The summed E-state index contributed by atoms with van der Waals surface area (Å²) in [6.45, 7) is 5.01. The molecule has 0 bridgehead atoms. The number of nitriles is 1. The smallest absolute Gasteiger partial charge is 0.331 e. The van der Waals surface area contributed by atoms with Gasteiger partial charge >= 0.3 is 5.97 Å². The largest absolute Gasteiger partial charge is 0.459 e. The summed E-state index contributed by atoms with van der Waals surface area (Å²) in [5.41, 5.74) is -0.658. The fraction of sp³-hybridized carbons (Fsp3) is 0.625. The number of ether oxygens (including phenoxy) is 1. The van der Waals surface area contributed by atoms with Crippen LogP contribution in [0.1, 0.15) is 20.8 Å². The summed E-state index contributed by atoms with van der Waals surface area (Å²) in [5, 5.41) is 8.31. The molecule has 5 heteroatoms. The Kier molecular flexibility index (Phi) is 8.08. The van der Waals surface area contributed by atoms with Gasteiger partial charge in [-0.15, -0.1) is 0 Å². The molecule has 0 heterocycles. The van der Waals surface area contributed by atoms with Gasteiger partial charge in [-0.1, -0.05) is 0 Å². The van der Waals surface area contributed by atoms with E-state index in [1.807, 2.05) is 0 Å². The van der Waals surface area contributed by atoms with Gasteiger partial charge in [0.25, 0.3) is 0 Å². The van der Waals surface area contributed by atoms with Crippen molar-refractivity contribution in [1.29, 1.82) is 5.26 Å². The second-order valence-electron chi connectivity index (χ2n) is 3.28. The van der Waals surface area contributed by atoms with Crippen molar-refractivity contribution in [3.8, 4) is 6.07 Å². The molecule has 0 aromatic heterocycles. The van der Waals surface area contributed by atoms with Crippen LogP contribution in [0.15, 0.2) is 0 Å². The number of rotatable bonds is 2. The van der Waals surface area contributed by atoms with Gasteiger partial charge in [0, 0.05) is 51.4 Å². The van der Waals surface area contributed by atoms with Crippen molar-refractivity contribution in [3.63, 3.8) is 0 Å². The topological polar surface area (TPSA) is 67.2 Å². The Morgan fingerprint density at radius 3 is 2.23 bits per heavy atom. The minimum atomic E-state index is -1.30. The summed E-state index contributed by atoms with van der Waals surface area (Å²) < 4.78 is 4.79. The minimum Gasteiger partial charge on any atom is -0.459 e. The number of hydrogen-bond donors (Lipinski definition) is 0. The molecule has 4 nitrogen and oxygen atoms in total. The molecule has 13 heavy (non-hydrogen) atoms. The zero-order valence-electron chi connectivity index (χ0n) is 8.33. The van der Waals surface area contributed by atoms with E-state index in [-0.39, 0.29) is 57.7 Å². The average molecular weight is 208 g/mol. The molecule has 0 amide bonds. The van der Waals surface area contributed by atoms with E-state index in [0.717, 1.165) is 0 Å². The summed E-state index contributed by atoms with van der Waals surface area (Å²) in [4.78, 5) is 21.1. The molecule has 1 atom stereocenters. The maximum atomic E-state index is 10.9. The maximum Gasteiger partial charge on any atom is 0.331 e. The molecule has 1 radical (unpaired) electrons. The molecule has 67 valence electrons. The van der Waals surface area contributed by atoms with Crippen LogP contribution in [0.5, 0.6) is 0 Å². The van der Waals surface area contributed by atoms with Crippen LogP contribution in [-0.4, -0.2) is 69.2 Å². The van der Waals surface area contributed by atoms with Crippen molar-refractivity contribution in [2.45, 2.75) is 26.4 Å². The first kappa shape index (κ1) is 15.7. The quantitative estimate of drug-likeness (QED) is 0.283. The van der Waals surface area contributed by atoms with E-state index in [9.17, 15) is 9.59 Å². The number of carbonyl (C=O) groups excluding carboxylic acids is 2. The summed E-state index contributed by atoms with van der Waals surface area (Å²) in [6, 6.07) is 1.53. The van der Waals surface area contributed by atoms with Crippen LogP contribution in [0.4, 0.5) is 0 Å². The van der Waals surface area contributed by atoms with Crippen molar-refractivity contribution in [2.75, 3.05) is 0 Å². The minimum absolute atomic E-state index is 0. The Balaban J connectivity index is 0. The van der Waals surface area contributed by atoms with E-state index in [0.29, 0.717) is 0 Å². The summed E-state index contributed by atoms with van der Waals surface area (Å²) >= 11 is 0. The van der Waals surface area contributed by atoms with Gasteiger partial charge in [0.15, 0.2) is 5.92 Å². The maximum absolute atomic E-state index is 10.9. The van der Waals surface area contributed by atoms with Crippen LogP contribution >= 0.6 is 0 Å². The first-order valence-electron chi connectivity index (χ1n) is 3.48. The number of aldehydes is 1. The molecule has 0 N–H and O–H groups in total. The SMILES string of the molecule is CC(C)(C)OC(=O)C(C#N)C=O.[K].